The molecule has 0 aromatic heterocycles. The molecule has 2 fully saturated rings. The number of fused-ring (bicyclic) bond motifs is 2. The monoisotopic (exact) mass is 516 g/mol. The fraction of sp³-hybridized carbons (Fsp3) is 0.351. The Morgan fingerprint density at radius 1 is 0.692 bits per heavy atom. The molecule has 2 aliphatic rings. The van der Waals surface area contributed by atoms with E-state index in [1.165, 1.54) is 24.0 Å². The summed E-state index contributed by atoms with van der Waals surface area (Å²) in [7, 11) is 0. The van der Waals surface area contributed by atoms with E-state index in [0.717, 1.165) is 58.6 Å². The van der Waals surface area contributed by atoms with Crippen LogP contribution in [0.3, 0.4) is 0 Å². The van der Waals surface area contributed by atoms with Gasteiger partial charge in [0.1, 0.15) is 11.5 Å². The molecule has 0 heterocycles. The molecule has 0 amide bonds. The lowest BCUT2D eigenvalue weighted by molar-refractivity contribution is 0.166. The molecule has 200 valence electrons. The first kappa shape index (κ1) is 25.7. The van der Waals surface area contributed by atoms with Gasteiger partial charge in [0.05, 0.1) is 0 Å². The van der Waals surface area contributed by atoms with Gasteiger partial charge in [0.25, 0.3) is 0 Å². The summed E-state index contributed by atoms with van der Waals surface area (Å²) < 4.78 is 0. The molecule has 2 N–H and O–H groups in total. The molecule has 4 aromatic carbocycles. The number of phenolic OH excluding ortho intramolecular Hbond substituents is 2. The second-order valence-electron chi connectivity index (χ2n) is 12.5. The maximum Gasteiger partial charge on any atom is 0.123 e. The Hall–Kier alpha value is -3.52. The fourth-order valence-electron chi connectivity index (χ4n) is 7.98. The Morgan fingerprint density at radius 3 is 1.51 bits per heavy atom. The number of hydrogen-bond acceptors (Lipinski definition) is 2. The number of aromatic hydroxyl groups is 2. The van der Waals surface area contributed by atoms with Gasteiger partial charge in [-0.05, 0) is 79.5 Å². The van der Waals surface area contributed by atoms with Crippen LogP contribution in [0.2, 0.25) is 0 Å². The standard InChI is InChI=1S/C37H40O2/c1-25-18-30(22-27-10-6-4-7-11-27)34(38)32(20-25)36(3,37-16-14-29(24-37)15-17-37)33-21-26(2)19-31(35(33)39)23-28-12-8-5-9-13-28/h4-13,18-21,29,38-39H,14-17,22-24H2,1-3H3. The largest absolute Gasteiger partial charge is 0.507 e. The van der Waals surface area contributed by atoms with Crippen molar-refractivity contribution in [3.63, 3.8) is 0 Å². The van der Waals surface area contributed by atoms with Crippen LogP contribution in [0.15, 0.2) is 84.9 Å². The highest BCUT2D eigenvalue weighted by Gasteiger charge is 2.58. The summed E-state index contributed by atoms with van der Waals surface area (Å²) in [6.45, 7) is 6.60. The first-order valence-electron chi connectivity index (χ1n) is 14.5. The molecule has 0 atom stereocenters. The third-order valence-electron chi connectivity index (χ3n) is 10.0. The van der Waals surface area contributed by atoms with Gasteiger partial charge in [0.15, 0.2) is 0 Å². The summed E-state index contributed by atoms with van der Waals surface area (Å²) in [6.07, 6.45) is 7.28. The smallest absolute Gasteiger partial charge is 0.123 e. The van der Waals surface area contributed by atoms with Gasteiger partial charge < -0.3 is 10.2 Å². The SMILES string of the molecule is Cc1cc(Cc2ccccc2)c(O)c(C(C)(c2cc(C)cc(Cc3ccccc3)c2O)C23CCC(CC2)C3)c1. The molecule has 2 bridgehead atoms. The maximum atomic E-state index is 12.0. The number of rotatable bonds is 7. The summed E-state index contributed by atoms with van der Waals surface area (Å²) in [4.78, 5) is 0. The van der Waals surface area contributed by atoms with E-state index in [4.69, 9.17) is 0 Å². The van der Waals surface area contributed by atoms with Gasteiger partial charge in [0.2, 0.25) is 0 Å². The minimum Gasteiger partial charge on any atom is -0.507 e. The van der Waals surface area contributed by atoms with Crippen LogP contribution in [0.5, 0.6) is 11.5 Å². The predicted molar refractivity (Wildman–Crippen MR) is 160 cm³/mol. The van der Waals surface area contributed by atoms with Gasteiger partial charge in [-0.25, -0.2) is 0 Å². The van der Waals surface area contributed by atoms with E-state index in [-0.39, 0.29) is 5.41 Å². The average molecular weight is 517 g/mol. The van der Waals surface area contributed by atoms with Crippen molar-refractivity contribution in [2.75, 3.05) is 0 Å². The molecule has 2 aliphatic carbocycles. The van der Waals surface area contributed by atoms with Crippen molar-refractivity contribution in [2.45, 2.75) is 71.1 Å². The summed E-state index contributed by atoms with van der Waals surface area (Å²) in [6, 6.07) is 29.5. The second-order valence-corrected chi connectivity index (χ2v) is 12.5. The van der Waals surface area contributed by atoms with Crippen LogP contribution < -0.4 is 0 Å². The van der Waals surface area contributed by atoms with Gasteiger partial charge in [-0.1, -0.05) is 103 Å². The minimum atomic E-state index is -0.513. The number of hydrogen-bond donors (Lipinski definition) is 2. The van der Waals surface area contributed by atoms with E-state index in [0.29, 0.717) is 24.3 Å². The summed E-state index contributed by atoms with van der Waals surface area (Å²) in [5, 5.41) is 24.1. The van der Waals surface area contributed by atoms with Crippen molar-refractivity contribution >= 4 is 0 Å². The summed E-state index contributed by atoms with van der Waals surface area (Å²) >= 11 is 0. The van der Waals surface area contributed by atoms with Crippen LogP contribution in [0.1, 0.15) is 83.5 Å². The molecule has 2 nitrogen and oxygen atoms in total. The van der Waals surface area contributed by atoms with Gasteiger partial charge in [-0.2, -0.15) is 0 Å². The number of aryl methyl sites for hydroxylation is 2. The molecular weight excluding hydrogens is 476 g/mol. The van der Waals surface area contributed by atoms with Crippen molar-refractivity contribution in [1.29, 1.82) is 0 Å². The Morgan fingerprint density at radius 2 is 1.13 bits per heavy atom. The molecule has 4 aromatic rings. The normalized spacial score (nSPS) is 20.4. The Kier molecular flexibility index (Phi) is 6.53. The first-order chi connectivity index (χ1) is 18.8. The lowest BCUT2D eigenvalue weighted by Crippen LogP contribution is -2.42. The van der Waals surface area contributed by atoms with Gasteiger partial charge in [0, 0.05) is 29.4 Å². The molecule has 0 radical (unpaired) electrons. The van der Waals surface area contributed by atoms with E-state index >= 15 is 0 Å². The third kappa shape index (κ3) is 4.44. The zero-order valence-electron chi connectivity index (χ0n) is 23.5. The fourth-order valence-corrected chi connectivity index (χ4v) is 7.98. The van der Waals surface area contributed by atoms with Gasteiger partial charge >= 0.3 is 0 Å². The highest BCUT2D eigenvalue weighted by Crippen LogP contribution is 2.67. The number of benzene rings is 4. The van der Waals surface area contributed by atoms with Gasteiger partial charge in [-0.15, -0.1) is 0 Å². The molecule has 0 saturated heterocycles. The molecule has 6 rings (SSSR count). The van der Waals surface area contributed by atoms with E-state index in [1.807, 2.05) is 12.1 Å². The van der Waals surface area contributed by atoms with Gasteiger partial charge in [-0.3, -0.25) is 0 Å². The van der Waals surface area contributed by atoms with Crippen LogP contribution in [0, 0.1) is 25.2 Å². The highest BCUT2D eigenvalue weighted by molar-refractivity contribution is 5.60. The molecule has 0 unspecified atom stereocenters. The minimum absolute atomic E-state index is 0.0161. The topological polar surface area (TPSA) is 40.5 Å². The van der Waals surface area contributed by atoms with Crippen LogP contribution in [0.4, 0.5) is 0 Å². The zero-order chi connectivity index (χ0) is 27.2. The molecule has 0 aliphatic heterocycles. The van der Waals surface area contributed by atoms with Crippen molar-refractivity contribution < 1.29 is 10.2 Å². The molecular formula is C37H40O2. The third-order valence-corrected chi connectivity index (χ3v) is 10.0. The van der Waals surface area contributed by atoms with Crippen molar-refractivity contribution in [3.05, 3.63) is 129 Å². The Bertz CT molecular complexity index is 1380. The molecule has 39 heavy (non-hydrogen) atoms. The molecule has 0 spiro atoms. The van der Waals surface area contributed by atoms with Crippen LogP contribution in [-0.4, -0.2) is 10.2 Å². The predicted octanol–water partition coefficient (Wildman–Crippen LogP) is 8.78. The van der Waals surface area contributed by atoms with Crippen LogP contribution in [-0.2, 0) is 18.3 Å². The average Bonchev–Trinajstić information content (AvgIpc) is 3.56. The van der Waals surface area contributed by atoms with E-state index in [1.54, 1.807) is 0 Å². The van der Waals surface area contributed by atoms with E-state index < -0.39 is 5.41 Å². The summed E-state index contributed by atoms with van der Waals surface area (Å²) in [5.41, 5.74) is 8.06. The first-order valence-corrected chi connectivity index (χ1v) is 14.5. The van der Waals surface area contributed by atoms with Crippen LogP contribution in [0.25, 0.3) is 0 Å². The second kappa shape index (κ2) is 9.90. The number of phenols is 2. The Labute approximate surface area is 233 Å². The maximum absolute atomic E-state index is 12.0. The lowest BCUT2D eigenvalue weighted by Gasteiger charge is -2.48. The van der Waals surface area contributed by atoms with Crippen molar-refractivity contribution in [3.8, 4) is 11.5 Å². The summed E-state index contributed by atoms with van der Waals surface area (Å²) in [5.74, 6) is 1.53. The van der Waals surface area contributed by atoms with E-state index in [9.17, 15) is 10.2 Å². The van der Waals surface area contributed by atoms with E-state index in [2.05, 4.69) is 93.6 Å². The highest BCUT2D eigenvalue weighted by atomic mass is 16.3. The quantitative estimate of drug-likeness (QED) is 0.258. The van der Waals surface area contributed by atoms with Crippen molar-refractivity contribution in [1.82, 2.24) is 0 Å². The Balaban J connectivity index is 1.55. The van der Waals surface area contributed by atoms with Crippen LogP contribution >= 0.6 is 0 Å². The molecule has 2 saturated carbocycles. The molecule has 2 heteroatoms. The zero-order valence-corrected chi connectivity index (χ0v) is 23.5. The lowest BCUT2D eigenvalue weighted by atomic mass is 9.55. The van der Waals surface area contributed by atoms with Crippen molar-refractivity contribution in [2.24, 2.45) is 11.3 Å².